The van der Waals surface area contributed by atoms with Crippen LogP contribution in [0, 0.1) is 12.8 Å². The first-order chi connectivity index (χ1) is 13.0. The van der Waals surface area contributed by atoms with E-state index >= 15 is 0 Å². The fourth-order valence-electron chi connectivity index (χ4n) is 3.73. The Bertz CT molecular complexity index is 749. The van der Waals surface area contributed by atoms with Crippen molar-refractivity contribution in [2.45, 2.75) is 52.4 Å². The summed E-state index contributed by atoms with van der Waals surface area (Å²) in [6.07, 6.45) is 8.83. The Hall–Kier alpha value is -2.04. The van der Waals surface area contributed by atoms with Gasteiger partial charge in [-0.2, -0.15) is 0 Å². The molecule has 3 atom stereocenters. The van der Waals surface area contributed by atoms with Crippen LogP contribution in [-0.2, 0) is 17.7 Å². The van der Waals surface area contributed by atoms with Gasteiger partial charge < -0.3 is 4.74 Å². The van der Waals surface area contributed by atoms with Crippen molar-refractivity contribution in [2.75, 3.05) is 13.6 Å². The summed E-state index contributed by atoms with van der Waals surface area (Å²) < 4.78 is 5.94. The van der Waals surface area contributed by atoms with E-state index in [0.717, 1.165) is 30.9 Å². The van der Waals surface area contributed by atoms with Crippen molar-refractivity contribution in [3.8, 4) is 0 Å². The number of nitrogens with zero attached hydrogens (tertiary/aromatic N) is 3. The number of ether oxygens (including phenoxy) is 1. The number of benzene rings is 1. The van der Waals surface area contributed by atoms with E-state index in [1.807, 2.05) is 6.92 Å². The molecule has 0 spiro atoms. The zero-order valence-electron chi connectivity index (χ0n) is 16.9. The van der Waals surface area contributed by atoms with E-state index < -0.39 is 0 Å². The molecule has 4 rings (SSSR count). The maximum atomic E-state index is 5.94. The third kappa shape index (κ3) is 5.47. The van der Waals surface area contributed by atoms with Crippen LogP contribution in [0.3, 0.4) is 0 Å². The fourth-order valence-corrected chi connectivity index (χ4v) is 3.73. The van der Waals surface area contributed by atoms with Crippen molar-refractivity contribution < 1.29 is 4.74 Å². The molecule has 0 unspecified atom stereocenters. The lowest BCUT2D eigenvalue weighted by molar-refractivity contribution is 0.0292. The number of fused-ring (bicyclic) bond motifs is 1. The molecule has 1 aromatic heterocycles. The van der Waals surface area contributed by atoms with Gasteiger partial charge in [-0.3, -0.25) is 4.90 Å². The van der Waals surface area contributed by atoms with Crippen LogP contribution in [0.2, 0.25) is 0 Å². The van der Waals surface area contributed by atoms with Crippen LogP contribution in [0.15, 0.2) is 42.7 Å². The van der Waals surface area contributed by atoms with Gasteiger partial charge in [-0.25, -0.2) is 9.97 Å². The summed E-state index contributed by atoms with van der Waals surface area (Å²) in [5.74, 6) is 0.699. The molecule has 1 saturated heterocycles. The Morgan fingerprint density at radius 2 is 1.93 bits per heavy atom. The summed E-state index contributed by atoms with van der Waals surface area (Å²) in [6.45, 7) is 8.51. The summed E-state index contributed by atoms with van der Waals surface area (Å²) >= 11 is 0. The second kappa shape index (κ2) is 9.25. The van der Waals surface area contributed by atoms with Crippen molar-refractivity contribution in [1.29, 1.82) is 0 Å². The Kier molecular flexibility index (Phi) is 6.75. The molecule has 144 valence electrons. The molecule has 4 heteroatoms. The van der Waals surface area contributed by atoms with E-state index in [9.17, 15) is 0 Å². The van der Waals surface area contributed by atoms with Crippen LogP contribution in [0.4, 0.5) is 0 Å². The molecule has 0 bridgehead atoms. The second-order valence-corrected chi connectivity index (χ2v) is 7.78. The van der Waals surface area contributed by atoms with Gasteiger partial charge in [-0.05, 0) is 38.8 Å². The van der Waals surface area contributed by atoms with Crippen LogP contribution >= 0.6 is 0 Å². The van der Waals surface area contributed by atoms with E-state index in [-0.39, 0.29) is 0 Å². The number of hydrogen-bond acceptors (Lipinski definition) is 4. The van der Waals surface area contributed by atoms with Gasteiger partial charge in [0.05, 0.1) is 17.9 Å². The summed E-state index contributed by atoms with van der Waals surface area (Å²) in [7, 11) is 2.17. The molecule has 1 aliphatic heterocycles. The van der Waals surface area contributed by atoms with Gasteiger partial charge in [0.15, 0.2) is 0 Å². The molecule has 2 heterocycles. The molecule has 1 fully saturated rings. The molecule has 0 saturated carbocycles. The van der Waals surface area contributed by atoms with E-state index in [0.29, 0.717) is 18.1 Å². The average molecular weight is 366 g/mol. The van der Waals surface area contributed by atoms with Gasteiger partial charge in [0.2, 0.25) is 0 Å². The number of likely N-dealkylation sites (N-methyl/N-ethyl adjacent to an activating group) is 1. The Morgan fingerprint density at radius 3 is 2.59 bits per heavy atom. The highest BCUT2D eigenvalue weighted by Gasteiger charge is 2.29. The average Bonchev–Trinajstić information content (AvgIpc) is 3.24. The number of aromatic nitrogens is 2. The Balaban J connectivity index is 0.000000177. The minimum Gasteiger partial charge on any atom is -0.374 e. The van der Waals surface area contributed by atoms with Gasteiger partial charge >= 0.3 is 0 Å². The molecular weight excluding hydrogens is 334 g/mol. The van der Waals surface area contributed by atoms with Crippen LogP contribution in [0.25, 0.3) is 6.08 Å². The highest BCUT2D eigenvalue weighted by atomic mass is 16.5. The van der Waals surface area contributed by atoms with Crippen LogP contribution < -0.4 is 0 Å². The van der Waals surface area contributed by atoms with Crippen molar-refractivity contribution in [3.63, 3.8) is 0 Å². The zero-order chi connectivity index (χ0) is 19.2. The lowest BCUT2D eigenvalue weighted by Gasteiger charge is -2.21. The monoisotopic (exact) mass is 365 g/mol. The lowest BCUT2D eigenvalue weighted by atomic mass is 10.0. The van der Waals surface area contributed by atoms with Gasteiger partial charge in [0.25, 0.3) is 0 Å². The van der Waals surface area contributed by atoms with Crippen molar-refractivity contribution in [1.82, 2.24) is 14.9 Å². The predicted molar refractivity (Wildman–Crippen MR) is 110 cm³/mol. The molecule has 1 aliphatic carbocycles. The van der Waals surface area contributed by atoms with Crippen molar-refractivity contribution in [3.05, 3.63) is 65.2 Å². The summed E-state index contributed by atoms with van der Waals surface area (Å²) in [4.78, 5) is 10.6. The number of hydrogen-bond donors (Lipinski definition) is 0. The van der Waals surface area contributed by atoms with Crippen molar-refractivity contribution >= 4 is 6.08 Å². The molecule has 1 aromatic carbocycles. The minimum absolute atomic E-state index is 0.411. The van der Waals surface area contributed by atoms with Crippen LogP contribution in [-0.4, -0.2) is 40.7 Å². The van der Waals surface area contributed by atoms with Gasteiger partial charge in [0.1, 0.15) is 6.33 Å². The number of rotatable bonds is 4. The summed E-state index contributed by atoms with van der Waals surface area (Å²) in [6, 6.07) is 10.6. The lowest BCUT2D eigenvalue weighted by Crippen LogP contribution is -2.28. The maximum Gasteiger partial charge on any atom is 0.115 e. The van der Waals surface area contributed by atoms with E-state index in [4.69, 9.17) is 4.74 Å². The predicted octanol–water partition coefficient (Wildman–Crippen LogP) is 4.29. The Morgan fingerprint density at radius 1 is 1.15 bits per heavy atom. The van der Waals surface area contributed by atoms with Gasteiger partial charge in [-0.1, -0.05) is 49.4 Å². The highest BCUT2D eigenvalue weighted by molar-refractivity contribution is 5.59. The Labute approximate surface area is 163 Å². The maximum absolute atomic E-state index is 5.94. The third-order valence-corrected chi connectivity index (χ3v) is 5.42. The number of allylic oxidation sites excluding steroid dienone is 1. The normalized spacial score (nSPS) is 23.2. The molecule has 0 N–H and O–H groups in total. The number of aryl methyl sites for hydroxylation is 1. The third-order valence-electron chi connectivity index (χ3n) is 5.42. The quantitative estimate of drug-likeness (QED) is 0.810. The van der Waals surface area contributed by atoms with Crippen LogP contribution in [0.5, 0.6) is 0 Å². The molecule has 27 heavy (non-hydrogen) atoms. The van der Waals surface area contributed by atoms with E-state index in [1.54, 1.807) is 6.33 Å². The summed E-state index contributed by atoms with van der Waals surface area (Å²) in [5.41, 5.74) is 4.82. The van der Waals surface area contributed by atoms with E-state index in [2.05, 4.69) is 78.2 Å². The van der Waals surface area contributed by atoms with E-state index in [1.165, 1.54) is 17.5 Å². The smallest absolute Gasteiger partial charge is 0.115 e. The minimum atomic E-state index is 0.411. The van der Waals surface area contributed by atoms with Crippen LogP contribution in [0.1, 0.15) is 42.8 Å². The molecule has 4 nitrogen and oxygen atoms in total. The molecule has 0 radical (unpaired) electrons. The first-order valence-corrected chi connectivity index (χ1v) is 9.88. The highest BCUT2D eigenvalue weighted by Crippen LogP contribution is 2.26. The first-order valence-electron chi connectivity index (χ1n) is 9.88. The topological polar surface area (TPSA) is 38.2 Å². The van der Waals surface area contributed by atoms with Crippen molar-refractivity contribution in [2.24, 2.45) is 5.92 Å². The summed E-state index contributed by atoms with van der Waals surface area (Å²) in [5, 5.41) is 0. The zero-order valence-corrected chi connectivity index (χ0v) is 16.9. The largest absolute Gasteiger partial charge is 0.374 e. The van der Waals surface area contributed by atoms with Gasteiger partial charge in [-0.15, -0.1) is 0 Å². The fraction of sp³-hybridized carbons (Fsp3) is 0.478. The van der Waals surface area contributed by atoms with Gasteiger partial charge in [0, 0.05) is 30.8 Å². The molecule has 2 aliphatic rings. The standard InChI is InChI=1S/C15H23NO.C8H8N2/c1-12-9-15(17-13(12)2)11-16(3)10-14-7-5-4-6-8-14;1-6-7-3-2-4-8(7)10-5-9-6/h4-8,12-13,15H,9-11H2,1-3H3;2-3,5H,4H2,1H3/t12-,13+,15-;/m1./s1. The first kappa shape index (κ1) is 19.7. The SMILES string of the molecule is C[C@@H]1C[C@H](CN(C)Cc2ccccc2)O[C@H]1C.Cc1ncnc2c1C=CC2. The molecule has 2 aromatic rings. The molecular formula is C23H31N3O. The molecule has 0 amide bonds. The second-order valence-electron chi connectivity index (χ2n) is 7.78.